The van der Waals surface area contributed by atoms with Gasteiger partial charge in [-0.25, -0.2) is 0 Å². The molecule has 134 valence electrons. The highest BCUT2D eigenvalue weighted by molar-refractivity contribution is 5.98. The molecule has 1 aliphatic rings. The summed E-state index contributed by atoms with van der Waals surface area (Å²) in [6.07, 6.45) is 3.01. The summed E-state index contributed by atoms with van der Waals surface area (Å²) in [6, 6.07) is 17.0. The van der Waals surface area contributed by atoms with Gasteiger partial charge in [-0.1, -0.05) is 30.3 Å². The number of carbonyl (C=O) groups excluding carboxylic acids is 1. The molecule has 4 heteroatoms. The van der Waals surface area contributed by atoms with Crippen molar-refractivity contribution in [1.29, 1.82) is 0 Å². The number of aromatic nitrogens is 1. The van der Waals surface area contributed by atoms with Gasteiger partial charge in [-0.05, 0) is 48.2 Å². The number of benzene rings is 2. The zero-order valence-electron chi connectivity index (χ0n) is 15.6. The molecule has 1 aliphatic heterocycles. The van der Waals surface area contributed by atoms with Crippen LogP contribution in [0.3, 0.4) is 0 Å². The molecular formula is C22H25N3O. The van der Waals surface area contributed by atoms with E-state index in [2.05, 4.69) is 46.8 Å². The second kappa shape index (κ2) is 6.61. The Balaban J connectivity index is 1.51. The molecule has 0 aliphatic carbocycles. The maximum Gasteiger partial charge on any atom is 0.253 e. The number of nitrogens with zero attached hydrogens (tertiary/aromatic N) is 3. The number of carbonyl (C=O) groups is 1. The first-order valence-corrected chi connectivity index (χ1v) is 9.10. The zero-order valence-corrected chi connectivity index (χ0v) is 15.6. The van der Waals surface area contributed by atoms with Gasteiger partial charge in [0.25, 0.3) is 5.91 Å². The molecule has 4 rings (SSSR count). The molecule has 4 nitrogen and oxygen atoms in total. The minimum Gasteiger partial charge on any atom is -0.351 e. The summed E-state index contributed by atoms with van der Waals surface area (Å²) in [5.41, 5.74) is 4.64. The van der Waals surface area contributed by atoms with Crippen molar-refractivity contribution in [3.8, 4) is 0 Å². The number of hydrogen-bond acceptors (Lipinski definition) is 2. The molecular weight excluding hydrogens is 322 g/mol. The molecule has 0 radical (unpaired) electrons. The van der Waals surface area contributed by atoms with E-state index in [1.165, 1.54) is 11.1 Å². The second-order valence-electron chi connectivity index (χ2n) is 7.43. The van der Waals surface area contributed by atoms with E-state index in [4.69, 9.17) is 0 Å². The van der Waals surface area contributed by atoms with Gasteiger partial charge in [0.2, 0.25) is 0 Å². The lowest BCUT2D eigenvalue weighted by atomic mass is 9.94. The summed E-state index contributed by atoms with van der Waals surface area (Å²) in [4.78, 5) is 17.2. The summed E-state index contributed by atoms with van der Waals surface area (Å²) in [6.45, 7) is 1.67. The van der Waals surface area contributed by atoms with Gasteiger partial charge in [0.15, 0.2) is 0 Å². The van der Waals surface area contributed by atoms with Gasteiger partial charge < -0.3 is 9.47 Å². The fourth-order valence-electron chi connectivity index (χ4n) is 3.94. The Morgan fingerprint density at radius 2 is 1.88 bits per heavy atom. The highest BCUT2D eigenvalue weighted by atomic mass is 16.2. The molecule has 0 saturated heterocycles. The topological polar surface area (TPSA) is 28.5 Å². The third-order valence-corrected chi connectivity index (χ3v) is 5.58. The van der Waals surface area contributed by atoms with Crippen LogP contribution in [0.4, 0.5) is 0 Å². The molecule has 1 atom stereocenters. The number of aryl methyl sites for hydroxylation is 1. The standard InChI is InChI=1S/C22H25N3O/c1-23-11-10-16-8-9-18(13-21(16)23)22(26)25(3)15-20-12-17-6-4-5-7-19(17)14-24(20)2/h4-11,13,20H,12,14-15H2,1-3H3/t20-/m0/s1. The molecule has 0 fully saturated rings. The molecule has 2 aromatic carbocycles. The Labute approximate surface area is 154 Å². The average Bonchev–Trinajstić information content (AvgIpc) is 3.02. The van der Waals surface area contributed by atoms with E-state index >= 15 is 0 Å². The van der Waals surface area contributed by atoms with Crippen LogP contribution in [0, 0.1) is 0 Å². The monoisotopic (exact) mass is 347 g/mol. The predicted molar refractivity (Wildman–Crippen MR) is 105 cm³/mol. The van der Waals surface area contributed by atoms with Crippen LogP contribution in [-0.4, -0.2) is 47.0 Å². The predicted octanol–water partition coefficient (Wildman–Crippen LogP) is 3.31. The highest BCUT2D eigenvalue weighted by Gasteiger charge is 2.25. The number of amides is 1. The van der Waals surface area contributed by atoms with Crippen LogP contribution in [0.25, 0.3) is 10.9 Å². The van der Waals surface area contributed by atoms with Crippen molar-refractivity contribution in [3.05, 3.63) is 71.4 Å². The minimum atomic E-state index is 0.0837. The van der Waals surface area contributed by atoms with Gasteiger partial charge in [-0.3, -0.25) is 9.69 Å². The molecule has 26 heavy (non-hydrogen) atoms. The summed E-state index contributed by atoms with van der Waals surface area (Å²) in [5.74, 6) is 0.0837. The molecule has 1 aromatic heterocycles. The van der Waals surface area contributed by atoms with Crippen molar-refractivity contribution in [2.75, 3.05) is 20.6 Å². The molecule has 0 unspecified atom stereocenters. The minimum absolute atomic E-state index is 0.0837. The van der Waals surface area contributed by atoms with Gasteiger partial charge in [0.05, 0.1) is 0 Å². The fourth-order valence-corrected chi connectivity index (χ4v) is 3.94. The Morgan fingerprint density at radius 3 is 2.69 bits per heavy atom. The maximum atomic E-state index is 12.9. The van der Waals surface area contributed by atoms with Crippen molar-refractivity contribution < 1.29 is 4.79 Å². The maximum absolute atomic E-state index is 12.9. The largest absolute Gasteiger partial charge is 0.351 e. The van der Waals surface area contributed by atoms with Gasteiger partial charge >= 0.3 is 0 Å². The molecule has 1 amide bonds. The molecule has 0 bridgehead atoms. The number of rotatable bonds is 3. The number of likely N-dealkylation sites (N-methyl/N-ethyl adjacent to an activating group) is 2. The van der Waals surface area contributed by atoms with Gasteiger partial charge in [-0.15, -0.1) is 0 Å². The van der Waals surface area contributed by atoms with E-state index in [9.17, 15) is 4.79 Å². The summed E-state index contributed by atoms with van der Waals surface area (Å²) in [7, 11) is 6.07. The number of hydrogen-bond donors (Lipinski definition) is 0. The van der Waals surface area contributed by atoms with Crippen LogP contribution in [0.2, 0.25) is 0 Å². The lowest BCUT2D eigenvalue weighted by Crippen LogP contribution is -2.46. The SMILES string of the molecule is CN(C[C@@H]1Cc2ccccc2CN1C)C(=O)c1ccc2ccn(C)c2c1. The zero-order chi connectivity index (χ0) is 18.3. The Kier molecular flexibility index (Phi) is 4.29. The van der Waals surface area contributed by atoms with E-state index in [-0.39, 0.29) is 5.91 Å². The van der Waals surface area contributed by atoms with E-state index in [0.29, 0.717) is 6.04 Å². The van der Waals surface area contributed by atoms with E-state index in [1.807, 2.05) is 43.4 Å². The van der Waals surface area contributed by atoms with Crippen LogP contribution in [-0.2, 0) is 20.0 Å². The van der Waals surface area contributed by atoms with Crippen molar-refractivity contribution in [2.45, 2.75) is 19.0 Å². The smallest absolute Gasteiger partial charge is 0.253 e. The van der Waals surface area contributed by atoms with Crippen LogP contribution in [0.15, 0.2) is 54.7 Å². The first-order chi connectivity index (χ1) is 12.5. The Morgan fingerprint density at radius 1 is 1.12 bits per heavy atom. The summed E-state index contributed by atoms with van der Waals surface area (Å²) < 4.78 is 2.05. The van der Waals surface area contributed by atoms with Crippen LogP contribution >= 0.6 is 0 Å². The lowest BCUT2D eigenvalue weighted by Gasteiger charge is -2.36. The quantitative estimate of drug-likeness (QED) is 0.727. The Hall–Kier alpha value is -2.59. The summed E-state index contributed by atoms with van der Waals surface area (Å²) in [5, 5.41) is 1.16. The van der Waals surface area contributed by atoms with Gasteiger partial charge in [0.1, 0.15) is 0 Å². The molecule has 0 saturated carbocycles. The van der Waals surface area contributed by atoms with Crippen LogP contribution < -0.4 is 0 Å². The fraction of sp³-hybridized carbons (Fsp3) is 0.318. The van der Waals surface area contributed by atoms with Crippen molar-refractivity contribution >= 4 is 16.8 Å². The second-order valence-corrected chi connectivity index (χ2v) is 7.43. The van der Waals surface area contributed by atoms with Gasteiger partial charge in [0, 0.05) is 50.5 Å². The van der Waals surface area contributed by atoms with Crippen LogP contribution in [0.5, 0.6) is 0 Å². The number of fused-ring (bicyclic) bond motifs is 2. The highest BCUT2D eigenvalue weighted by Crippen LogP contribution is 2.23. The first-order valence-electron chi connectivity index (χ1n) is 9.10. The third-order valence-electron chi connectivity index (χ3n) is 5.58. The average molecular weight is 347 g/mol. The van der Waals surface area contributed by atoms with Crippen molar-refractivity contribution in [3.63, 3.8) is 0 Å². The summed E-state index contributed by atoms with van der Waals surface area (Å²) >= 11 is 0. The van der Waals surface area contributed by atoms with E-state index in [0.717, 1.165) is 36.0 Å². The van der Waals surface area contributed by atoms with Crippen molar-refractivity contribution in [1.82, 2.24) is 14.4 Å². The molecule has 0 spiro atoms. The molecule has 3 aromatic rings. The third kappa shape index (κ3) is 3.01. The molecule has 2 heterocycles. The normalized spacial score (nSPS) is 17.3. The van der Waals surface area contributed by atoms with E-state index in [1.54, 1.807) is 0 Å². The van der Waals surface area contributed by atoms with Gasteiger partial charge in [-0.2, -0.15) is 0 Å². The molecule has 0 N–H and O–H groups in total. The Bertz CT molecular complexity index is 959. The van der Waals surface area contributed by atoms with E-state index < -0.39 is 0 Å². The van der Waals surface area contributed by atoms with Crippen LogP contribution in [0.1, 0.15) is 21.5 Å². The van der Waals surface area contributed by atoms with Crippen molar-refractivity contribution in [2.24, 2.45) is 7.05 Å². The first kappa shape index (κ1) is 16.9. The lowest BCUT2D eigenvalue weighted by molar-refractivity contribution is 0.0733.